The van der Waals surface area contributed by atoms with Crippen LogP contribution in [0.5, 0.6) is 0 Å². The predicted octanol–water partition coefficient (Wildman–Crippen LogP) is -6.73. The molecule has 4 aromatic rings. The molecule has 18 heteroatoms. The first kappa shape index (κ1) is 45.7. The average Bonchev–Trinajstić information content (AvgIpc) is 3.05. The van der Waals surface area contributed by atoms with Gasteiger partial charge in [-0.05, 0) is 44.5 Å². The van der Waals surface area contributed by atoms with Gasteiger partial charge < -0.3 is 79.2 Å². The quantitative estimate of drug-likeness (QED) is 0.152. The van der Waals surface area contributed by atoms with E-state index in [4.69, 9.17) is 0 Å². The molecule has 4 rings (SSSR count). The Kier molecular flexibility index (Phi) is 20.3. The number of carboxylic acids is 8. The summed E-state index contributed by atoms with van der Waals surface area (Å²) in [7, 11) is 0. The number of carbonyl (C=O) groups is 8. The van der Waals surface area contributed by atoms with E-state index in [-0.39, 0.29) is 77.2 Å². The third-order valence-corrected chi connectivity index (χ3v) is 5.43. The van der Waals surface area contributed by atoms with E-state index in [9.17, 15) is 79.2 Å². The Morgan fingerprint density at radius 1 is 0.240 bits per heavy atom. The second-order valence-corrected chi connectivity index (χ2v) is 8.61. The molecule has 0 fully saturated rings. The Morgan fingerprint density at radius 2 is 0.300 bits per heavy atom. The van der Waals surface area contributed by atoms with Gasteiger partial charge in [0, 0.05) is 0 Å². The Labute approximate surface area is 300 Å². The normalized spacial score (nSPS) is 8.96. The SMILES string of the molecule is O=C([O-])c1ccc(C(=O)[O-])cc1.O=C([O-])c1ccc(C(=O)[O-])cc1.O=C([O-])c1ccc(C(=O)[O-])cc1.O=C([O-])c1ccc(C(=O)[O-])cc1.[Si+4].[Ti+4]. The van der Waals surface area contributed by atoms with E-state index >= 15 is 0 Å². The van der Waals surface area contributed by atoms with Crippen molar-refractivity contribution in [1.29, 1.82) is 0 Å². The van der Waals surface area contributed by atoms with E-state index in [1.54, 1.807) is 0 Å². The molecule has 248 valence electrons. The van der Waals surface area contributed by atoms with E-state index in [1.165, 1.54) is 0 Å². The summed E-state index contributed by atoms with van der Waals surface area (Å²) < 4.78 is 0. The van der Waals surface area contributed by atoms with Gasteiger partial charge in [0.1, 0.15) is 0 Å². The average molecular weight is 732 g/mol. The van der Waals surface area contributed by atoms with Crippen molar-refractivity contribution in [3.8, 4) is 0 Å². The molecule has 0 N–H and O–H groups in total. The van der Waals surface area contributed by atoms with Crippen LogP contribution in [0, 0.1) is 0 Å². The third-order valence-electron chi connectivity index (χ3n) is 5.43. The van der Waals surface area contributed by atoms with E-state index in [0.29, 0.717) is 0 Å². The standard InChI is InChI=1S/4C8H6O4.Si.Ti/c4*9-7(10)5-1-2-6(4-3-5)8(11)12;;/h4*1-4H,(H,9,10)(H,11,12);;/q;;;;2*+4/p-8. The van der Waals surface area contributed by atoms with Crippen LogP contribution in [-0.2, 0) is 21.7 Å². The van der Waals surface area contributed by atoms with Crippen molar-refractivity contribution in [3.63, 3.8) is 0 Å². The molecule has 0 saturated heterocycles. The number of hydrogen-bond acceptors (Lipinski definition) is 16. The van der Waals surface area contributed by atoms with Crippen LogP contribution in [0.25, 0.3) is 0 Å². The molecule has 0 atom stereocenters. The zero-order valence-corrected chi connectivity index (χ0v) is 27.3. The molecule has 0 aliphatic heterocycles. The molecule has 0 unspecified atom stereocenters. The van der Waals surface area contributed by atoms with Gasteiger partial charge in [-0.3, -0.25) is 0 Å². The van der Waals surface area contributed by atoms with Crippen molar-refractivity contribution in [2.75, 3.05) is 0 Å². The Hall–Kier alpha value is -6.43. The van der Waals surface area contributed by atoms with Crippen LogP contribution in [0.15, 0.2) is 97.1 Å². The maximum atomic E-state index is 10.2. The molecule has 0 aromatic heterocycles. The van der Waals surface area contributed by atoms with Crippen molar-refractivity contribution < 1.29 is 101 Å². The van der Waals surface area contributed by atoms with Crippen molar-refractivity contribution in [3.05, 3.63) is 142 Å². The number of carboxylic acid groups (broad SMARTS) is 8. The Morgan fingerprint density at radius 3 is 0.340 bits per heavy atom. The summed E-state index contributed by atoms with van der Waals surface area (Å²) in [4.78, 5) is 81.7. The van der Waals surface area contributed by atoms with E-state index in [1.807, 2.05) is 0 Å². The maximum absolute atomic E-state index is 10.2. The molecule has 4 aromatic carbocycles. The first-order valence-electron chi connectivity index (χ1n) is 12.6. The van der Waals surface area contributed by atoms with Gasteiger partial charge >= 0.3 is 32.7 Å². The number of carbonyl (C=O) groups excluding carboxylic acids is 8. The van der Waals surface area contributed by atoms with Crippen molar-refractivity contribution in [2.24, 2.45) is 0 Å². The zero-order chi connectivity index (χ0) is 36.6. The molecule has 0 spiro atoms. The van der Waals surface area contributed by atoms with Crippen LogP contribution >= 0.6 is 0 Å². The van der Waals surface area contributed by atoms with Gasteiger partial charge in [0.2, 0.25) is 0 Å². The minimum absolute atomic E-state index is 0. The van der Waals surface area contributed by atoms with Gasteiger partial charge in [-0.1, -0.05) is 97.1 Å². The summed E-state index contributed by atoms with van der Waals surface area (Å²) in [6.45, 7) is 0. The molecule has 0 radical (unpaired) electrons. The van der Waals surface area contributed by atoms with Gasteiger partial charge in [0.25, 0.3) is 0 Å². The fraction of sp³-hybridized carbons (Fsp3) is 0. The zero-order valence-electron chi connectivity index (χ0n) is 24.8. The fourth-order valence-corrected chi connectivity index (χ4v) is 2.97. The first-order valence-corrected chi connectivity index (χ1v) is 12.6. The molecule has 50 heavy (non-hydrogen) atoms. The summed E-state index contributed by atoms with van der Waals surface area (Å²) in [6.07, 6.45) is 0. The van der Waals surface area contributed by atoms with Crippen LogP contribution in [0.1, 0.15) is 82.9 Å². The minimum Gasteiger partial charge on any atom is -0.545 e. The molecule has 0 bridgehead atoms. The van der Waals surface area contributed by atoms with Crippen LogP contribution in [0.4, 0.5) is 0 Å². The number of aromatic carboxylic acids is 8. The van der Waals surface area contributed by atoms with Crippen molar-refractivity contribution >= 4 is 58.7 Å². The van der Waals surface area contributed by atoms with Crippen LogP contribution in [0.3, 0.4) is 0 Å². The second-order valence-electron chi connectivity index (χ2n) is 8.61. The van der Waals surface area contributed by atoms with Gasteiger partial charge in [-0.15, -0.1) is 0 Å². The summed E-state index contributed by atoms with van der Waals surface area (Å²) in [5.74, 6) is -10.7. The molecule has 0 amide bonds. The minimum atomic E-state index is -1.33. The Balaban J connectivity index is 0. The Bertz CT molecular complexity index is 1400. The van der Waals surface area contributed by atoms with Gasteiger partial charge in [0.15, 0.2) is 0 Å². The first-order chi connectivity index (χ1) is 22.4. The largest absolute Gasteiger partial charge is 4.00 e. The molecular weight excluding hydrogens is 716 g/mol. The number of rotatable bonds is 8. The van der Waals surface area contributed by atoms with Crippen molar-refractivity contribution in [2.45, 2.75) is 0 Å². The third kappa shape index (κ3) is 15.9. The molecule has 0 saturated carbocycles. The van der Waals surface area contributed by atoms with Crippen LogP contribution in [-0.4, -0.2) is 58.7 Å². The van der Waals surface area contributed by atoms with E-state index in [0.717, 1.165) is 97.1 Å². The second kappa shape index (κ2) is 22.2. The number of hydrogen-bond donors (Lipinski definition) is 0. The molecule has 0 aliphatic rings. The monoisotopic (exact) mass is 732 g/mol. The summed E-state index contributed by atoms with van der Waals surface area (Å²) in [6, 6.07) is 18.5. The maximum Gasteiger partial charge on any atom is 4.00 e. The molecular formula is C32H16O16SiTi. The summed E-state index contributed by atoms with van der Waals surface area (Å²) >= 11 is 0. The molecule has 0 heterocycles. The van der Waals surface area contributed by atoms with Crippen LogP contribution in [0.2, 0.25) is 0 Å². The number of benzene rings is 4. The smallest absolute Gasteiger partial charge is 0.545 e. The van der Waals surface area contributed by atoms with Gasteiger partial charge in [0.05, 0.1) is 47.8 Å². The topological polar surface area (TPSA) is 321 Å². The predicted molar refractivity (Wildman–Crippen MR) is 146 cm³/mol. The summed E-state index contributed by atoms with van der Waals surface area (Å²) in [5, 5.41) is 81.7. The summed E-state index contributed by atoms with van der Waals surface area (Å²) in [5.41, 5.74) is -0.444. The van der Waals surface area contributed by atoms with E-state index < -0.39 is 47.8 Å². The van der Waals surface area contributed by atoms with Gasteiger partial charge in [-0.25, -0.2) is 0 Å². The van der Waals surface area contributed by atoms with Gasteiger partial charge in [-0.2, -0.15) is 0 Å². The van der Waals surface area contributed by atoms with Crippen molar-refractivity contribution in [1.82, 2.24) is 0 Å². The van der Waals surface area contributed by atoms with Crippen LogP contribution < -0.4 is 40.9 Å². The van der Waals surface area contributed by atoms with E-state index in [2.05, 4.69) is 0 Å². The molecule has 16 nitrogen and oxygen atoms in total. The fourth-order valence-electron chi connectivity index (χ4n) is 2.97. The molecule has 0 aliphatic carbocycles.